The second-order valence-corrected chi connectivity index (χ2v) is 6.38. The molecule has 1 aromatic heterocycles. The van der Waals surface area contributed by atoms with E-state index in [1.165, 1.54) is 0 Å². The summed E-state index contributed by atoms with van der Waals surface area (Å²) in [5, 5.41) is 15.0. The van der Waals surface area contributed by atoms with Gasteiger partial charge < -0.3 is 10.4 Å². The Kier molecular flexibility index (Phi) is 4.36. The summed E-state index contributed by atoms with van der Waals surface area (Å²) in [7, 11) is 0. The Balaban J connectivity index is 1.72. The number of carbonyl (C=O) groups excluding carboxylic acids is 1. The summed E-state index contributed by atoms with van der Waals surface area (Å²) < 4.78 is 0. The fourth-order valence-electron chi connectivity index (χ4n) is 2.55. The Bertz CT molecular complexity index is 708. The first-order chi connectivity index (χ1) is 10.7. The van der Waals surface area contributed by atoms with Gasteiger partial charge in [0, 0.05) is 40.8 Å². The molecule has 0 radical (unpaired) electrons. The van der Waals surface area contributed by atoms with Gasteiger partial charge in [-0.25, -0.2) is 4.98 Å². The second-order valence-electron chi connectivity index (χ2n) is 5.52. The third-order valence-electron chi connectivity index (χ3n) is 3.71. The highest BCUT2D eigenvalue weighted by atomic mass is 32.1. The predicted molar refractivity (Wildman–Crippen MR) is 87.9 cm³/mol. The Morgan fingerprint density at radius 3 is 3.00 bits per heavy atom. The molecular weight excluding hydrogens is 296 g/mol. The van der Waals surface area contributed by atoms with Gasteiger partial charge in [0.05, 0.1) is 0 Å². The molecule has 0 unspecified atom stereocenters. The number of nitrogens with one attached hydrogen (secondary N) is 1. The number of amides is 1. The number of hydrogen-bond acceptors (Lipinski definition) is 4. The minimum Gasteiger partial charge on any atom is -0.396 e. The van der Waals surface area contributed by atoms with Gasteiger partial charge in [0.25, 0.3) is 5.91 Å². The Morgan fingerprint density at radius 1 is 1.45 bits per heavy atom. The van der Waals surface area contributed by atoms with E-state index in [1.54, 1.807) is 11.3 Å². The lowest BCUT2D eigenvalue weighted by molar-refractivity contribution is 0.0941. The van der Waals surface area contributed by atoms with E-state index in [4.69, 9.17) is 5.11 Å². The van der Waals surface area contributed by atoms with Crippen LogP contribution < -0.4 is 5.32 Å². The quantitative estimate of drug-likeness (QED) is 0.853. The second kappa shape index (κ2) is 6.42. The van der Waals surface area contributed by atoms with Gasteiger partial charge in [0.1, 0.15) is 5.01 Å². The zero-order valence-corrected chi connectivity index (χ0v) is 13.1. The molecule has 0 fully saturated rings. The SMILES string of the molecule is Cc1csc(-c2cccc(C(=O)N[C@@H]3C=C[C@H](CO)C3)c2)n1. The topological polar surface area (TPSA) is 62.2 Å². The van der Waals surface area contributed by atoms with Crippen LogP contribution in [0, 0.1) is 12.8 Å². The number of aromatic nitrogens is 1. The Hall–Kier alpha value is -1.98. The van der Waals surface area contributed by atoms with Crippen LogP contribution >= 0.6 is 11.3 Å². The maximum Gasteiger partial charge on any atom is 0.251 e. The van der Waals surface area contributed by atoms with Gasteiger partial charge in [0.15, 0.2) is 0 Å². The summed E-state index contributed by atoms with van der Waals surface area (Å²) in [6.45, 7) is 2.09. The minimum absolute atomic E-state index is 0.00425. The average Bonchev–Trinajstić information content (AvgIpc) is 3.16. The molecule has 0 bridgehead atoms. The molecule has 1 aliphatic carbocycles. The van der Waals surface area contributed by atoms with Crippen molar-refractivity contribution >= 4 is 17.2 Å². The van der Waals surface area contributed by atoms with Gasteiger partial charge in [-0.05, 0) is 25.5 Å². The summed E-state index contributed by atoms with van der Waals surface area (Å²) in [6.07, 6.45) is 4.67. The Labute approximate surface area is 133 Å². The first kappa shape index (κ1) is 14.9. The standard InChI is InChI=1S/C17H18N2O2S/c1-11-10-22-17(18-11)14-4-2-3-13(8-14)16(21)19-15-6-5-12(7-15)9-20/h2-6,8,10,12,15,20H,7,9H2,1H3,(H,19,21)/t12-,15+/m0/s1. The van der Waals surface area contributed by atoms with Crippen LogP contribution in [0.5, 0.6) is 0 Å². The van der Waals surface area contributed by atoms with Crippen LogP contribution in [0.3, 0.4) is 0 Å². The molecule has 0 spiro atoms. The van der Waals surface area contributed by atoms with E-state index in [9.17, 15) is 4.79 Å². The highest BCUT2D eigenvalue weighted by molar-refractivity contribution is 7.13. The summed E-state index contributed by atoms with van der Waals surface area (Å²) in [5.74, 6) is 0.0540. The summed E-state index contributed by atoms with van der Waals surface area (Å²) in [5.41, 5.74) is 2.58. The van der Waals surface area contributed by atoms with Crippen molar-refractivity contribution in [2.45, 2.75) is 19.4 Å². The zero-order chi connectivity index (χ0) is 15.5. The fraction of sp³-hybridized carbons (Fsp3) is 0.294. The number of benzene rings is 1. The third kappa shape index (κ3) is 3.26. The molecule has 114 valence electrons. The number of rotatable bonds is 4. The fourth-order valence-corrected chi connectivity index (χ4v) is 3.34. The summed E-state index contributed by atoms with van der Waals surface area (Å²) in [6, 6.07) is 7.52. The van der Waals surface area contributed by atoms with E-state index in [0.29, 0.717) is 5.56 Å². The van der Waals surface area contributed by atoms with Crippen LogP contribution in [-0.4, -0.2) is 28.6 Å². The lowest BCUT2D eigenvalue weighted by Gasteiger charge is -2.13. The number of hydrogen-bond donors (Lipinski definition) is 2. The Morgan fingerprint density at radius 2 is 2.32 bits per heavy atom. The van der Waals surface area contributed by atoms with Crippen LogP contribution in [0.4, 0.5) is 0 Å². The third-order valence-corrected chi connectivity index (χ3v) is 4.72. The first-order valence-corrected chi connectivity index (χ1v) is 8.16. The number of thiazole rings is 1. The first-order valence-electron chi connectivity index (χ1n) is 7.28. The molecule has 2 atom stereocenters. The van der Waals surface area contributed by atoms with Crippen LogP contribution in [0.1, 0.15) is 22.5 Å². The van der Waals surface area contributed by atoms with Crippen LogP contribution in [-0.2, 0) is 0 Å². The average molecular weight is 314 g/mol. The molecule has 1 heterocycles. The van der Waals surface area contributed by atoms with Gasteiger partial charge >= 0.3 is 0 Å². The van der Waals surface area contributed by atoms with E-state index in [0.717, 1.165) is 22.7 Å². The predicted octanol–water partition coefficient (Wildman–Crippen LogP) is 2.79. The van der Waals surface area contributed by atoms with Crippen LogP contribution in [0.25, 0.3) is 10.6 Å². The molecular formula is C17H18N2O2S. The van der Waals surface area contributed by atoms with Crippen LogP contribution in [0.2, 0.25) is 0 Å². The molecule has 2 N–H and O–H groups in total. The number of carbonyl (C=O) groups is 1. The van der Waals surface area contributed by atoms with Crippen molar-refractivity contribution in [2.75, 3.05) is 6.61 Å². The van der Waals surface area contributed by atoms with Crippen molar-refractivity contribution in [3.05, 3.63) is 53.1 Å². The van der Waals surface area contributed by atoms with Gasteiger partial charge in [-0.2, -0.15) is 0 Å². The summed E-state index contributed by atoms with van der Waals surface area (Å²) in [4.78, 5) is 16.8. The lowest BCUT2D eigenvalue weighted by Crippen LogP contribution is -2.32. The molecule has 1 aromatic carbocycles. The molecule has 4 nitrogen and oxygen atoms in total. The van der Waals surface area contributed by atoms with Gasteiger partial charge in [-0.15, -0.1) is 11.3 Å². The molecule has 22 heavy (non-hydrogen) atoms. The minimum atomic E-state index is -0.0941. The summed E-state index contributed by atoms with van der Waals surface area (Å²) >= 11 is 1.58. The van der Waals surface area contributed by atoms with Crippen molar-refractivity contribution in [1.82, 2.24) is 10.3 Å². The molecule has 5 heteroatoms. The molecule has 2 aromatic rings. The highest BCUT2D eigenvalue weighted by Crippen LogP contribution is 2.24. The van der Waals surface area contributed by atoms with E-state index < -0.39 is 0 Å². The maximum atomic E-state index is 12.4. The van der Waals surface area contributed by atoms with E-state index >= 15 is 0 Å². The van der Waals surface area contributed by atoms with Crippen molar-refractivity contribution in [1.29, 1.82) is 0 Å². The molecule has 1 aliphatic rings. The van der Waals surface area contributed by atoms with E-state index in [-0.39, 0.29) is 24.5 Å². The maximum absolute atomic E-state index is 12.4. The largest absolute Gasteiger partial charge is 0.396 e. The van der Waals surface area contributed by atoms with E-state index in [2.05, 4.69) is 10.3 Å². The monoisotopic (exact) mass is 314 g/mol. The van der Waals surface area contributed by atoms with Gasteiger partial charge in [-0.3, -0.25) is 4.79 Å². The van der Waals surface area contributed by atoms with Crippen molar-refractivity contribution < 1.29 is 9.90 Å². The molecule has 3 rings (SSSR count). The molecule has 0 saturated carbocycles. The highest BCUT2D eigenvalue weighted by Gasteiger charge is 2.20. The zero-order valence-electron chi connectivity index (χ0n) is 12.3. The number of aliphatic hydroxyl groups excluding tert-OH is 1. The molecule has 0 saturated heterocycles. The van der Waals surface area contributed by atoms with Crippen molar-refractivity contribution in [3.63, 3.8) is 0 Å². The van der Waals surface area contributed by atoms with E-state index in [1.807, 2.05) is 48.7 Å². The van der Waals surface area contributed by atoms with Crippen LogP contribution in [0.15, 0.2) is 41.8 Å². The van der Waals surface area contributed by atoms with Crippen molar-refractivity contribution in [2.24, 2.45) is 5.92 Å². The lowest BCUT2D eigenvalue weighted by atomic mass is 10.1. The molecule has 1 amide bonds. The van der Waals surface area contributed by atoms with Gasteiger partial charge in [-0.1, -0.05) is 24.3 Å². The van der Waals surface area contributed by atoms with Gasteiger partial charge in [0.2, 0.25) is 0 Å². The number of nitrogens with zero attached hydrogens (tertiary/aromatic N) is 1. The number of aliphatic hydroxyl groups is 1. The molecule has 0 aliphatic heterocycles. The number of aryl methyl sites for hydroxylation is 1. The normalized spacial score (nSPS) is 20.3. The van der Waals surface area contributed by atoms with Crippen molar-refractivity contribution in [3.8, 4) is 10.6 Å². The smallest absolute Gasteiger partial charge is 0.251 e.